The maximum atomic E-state index is 15.2. The third-order valence-electron chi connectivity index (χ3n) is 4.57. The zero-order chi connectivity index (χ0) is 19.7. The van der Waals surface area contributed by atoms with Crippen LogP contribution in [0, 0.1) is 11.6 Å². The molecule has 0 saturated carbocycles. The first-order valence-electron chi connectivity index (χ1n) is 8.27. The van der Waals surface area contributed by atoms with Crippen LogP contribution in [0.15, 0.2) is 48.5 Å². The summed E-state index contributed by atoms with van der Waals surface area (Å²) in [4.78, 5) is 0. The van der Waals surface area contributed by atoms with E-state index in [-0.39, 0.29) is 23.6 Å². The van der Waals surface area contributed by atoms with Crippen LogP contribution in [0.5, 0.6) is 5.75 Å². The molecule has 0 spiro atoms. The number of hydrogen-bond donors (Lipinski definition) is 2. The highest BCUT2D eigenvalue weighted by molar-refractivity contribution is 6.36. The molecule has 0 radical (unpaired) electrons. The molecule has 1 atom stereocenters. The van der Waals surface area contributed by atoms with Crippen molar-refractivity contribution in [2.45, 2.75) is 19.3 Å². The second-order valence-corrected chi connectivity index (χ2v) is 7.20. The van der Waals surface area contributed by atoms with Crippen LogP contribution in [-0.2, 0) is 6.42 Å². The van der Waals surface area contributed by atoms with Gasteiger partial charge in [-0.2, -0.15) is 0 Å². The number of phenols is 1. The van der Waals surface area contributed by atoms with Crippen LogP contribution in [0.4, 0.5) is 14.5 Å². The molecule has 0 aliphatic carbocycles. The summed E-state index contributed by atoms with van der Waals surface area (Å²) in [5.74, 6) is -1.56. The van der Waals surface area contributed by atoms with E-state index in [2.05, 4.69) is 0 Å². The largest absolute Gasteiger partial charge is 0.508 e. The number of nitrogen functional groups attached to an aromatic ring is 1. The second kappa shape index (κ2) is 7.75. The van der Waals surface area contributed by atoms with Crippen LogP contribution >= 0.6 is 23.2 Å². The lowest BCUT2D eigenvalue weighted by Crippen LogP contribution is -2.05. The van der Waals surface area contributed by atoms with E-state index in [1.165, 1.54) is 24.3 Å². The minimum atomic E-state index is -0.546. The Bertz CT molecular complexity index is 967. The molecule has 3 aromatic carbocycles. The highest BCUT2D eigenvalue weighted by Gasteiger charge is 2.21. The average molecular weight is 408 g/mol. The summed E-state index contributed by atoms with van der Waals surface area (Å²) in [6.45, 7) is 1.75. The Hall–Kier alpha value is -2.30. The maximum Gasteiger partial charge on any atom is 0.134 e. The van der Waals surface area contributed by atoms with Crippen molar-refractivity contribution < 1.29 is 13.9 Å². The van der Waals surface area contributed by atoms with Crippen LogP contribution in [-0.4, -0.2) is 5.11 Å². The Morgan fingerprint density at radius 1 is 1.00 bits per heavy atom. The molecule has 0 heterocycles. The van der Waals surface area contributed by atoms with E-state index in [0.717, 1.165) is 0 Å². The lowest BCUT2D eigenvalue weighted by molar-refractivity contribution is 0.454. The molecule has 0 saturated heterocycles. The highest BCUT2D eigenvalue weighted by Crippen LogP contribution is 2.37. The van der Waals surface area contributed by atoms with Crippen molar-refractivity contribution in [1.29, 1.82) is 0 Å². The Balaban J connectivity index is 2.02. The van der Waals surface area contributed by atoms with Crippen molar-refractivity contribution >= 4 is 28.9 Å². The van der Waals surface area contributed by atoms with E-state index in [9.17, 15) is 9.50 Å². The van der Waals surface area contributed by atoms with Gasteiger partial charge < -0.3 is 10.8 Å². The Morgan fingerprint density at radius 2 is 1.59 bits per heavy atom. The third-order valence-corrected chi connectivity index (χ3v) is 5.24. The van der Waals surface area contributed by atoms with Crippen molar-refractivity contribution in [2.75, 3.05) is 5.73 Å². The van der Waals surface area contributed by atoms with Gasteiger partial charge in [0.2, 0.25) is 0 Å². The number of rotatable bonds is 4. The van der Waals surface area contributed by atoms with Crippen molar-refractivity contribution in [1.82, 2.24) is 0 Å². The van der Waals surface area contributed by atoms with Crippen LogP contribution < -0.4 is 5.73 Å². The Morgan fingerprint density at radius 3 is 2.19 bits per heavy atom. The van der Waals surface area contributed by atoms with E-state index in [0.29, 0.717) is 32.4 Å². The maximum absolute atomic E-state index is 15.2. The zero-order valence-electron chi connectivity index (χ0n) is 14.4. The molecule has 6 heteroatoms. The van der Waals surface area contributed by atoms with Crippen molar-refractivity contribution in [2.24, 2.45) is 0 Å². The molecule has 3 N–H and O–H groups in total. The fourth-order valence-corrected chi connectivity index (χ4v) is 3.71. The smallest absolute Gasteiger partial charge is 0.134 e. The van der Waals surface area contributed by atoms with Crippen molar-refractivity contribution in [3.8, 4) is 5.75 Å². The number of benzene rings is 3. The summed E-state index contributed by atoms with van der Waals surface area (Å²) in [7, 11) is 0. The first-order chi connectivity index (χ1) is 12.8. The van der Waals surface area contributed by atoms with Gasteiger partial charge in [-0.1, -0.05) is 48.3 Å². The number of phenolic OH excluding ortho intramolecular Hbond substituents is 1. The summed E-state index contributed by atoms with van der Waals surface area (Å²) < 4.78 is 28.4. The van der Waals surface area contributed by atoms with E-state index in [1.54, 1.807) is 31.2 Å². The fourth-order valence-electron chi connectivity index (χ4n) is 3.08. The molecular formula is C21H17Cl2F2NO. The zero-order valence-corrected chi connectivity index (χ0v) is 16.0. The Labute approximate surface area is 166 Å². The minimum absolute atomic E-state index is 0.141. The van der Waals surface area contributed by atoms with E-state index < -0.39 is 11.7 Å². The fraction of sp³-hybridized carbons (Fsp3) is 0.143. The summed E-state index contributed by atoms with van der Waals surface area (Å²) in [6.07, 6.45) is 0.146. The number of aromatic hydroxyl groups is 1. The SMILES string of the molecule is CC(c1ccc(F)cc1)c1c(O)ccc(Cc2c(Cl)cc(N)cc2Cl)c1F. The normalized spacial score (nSPS) is 12.2. The van der Waals surface area contributed by atoms with Gasteiger partial charge in [-0.15, -0.1) is 0 Å². The topological polar surface area (TPSA) is 46.2 Å². The van der Waals surface area contributed by atoms with Crippen LogP contribution in [0.25, 0.3) is 0 Å². The molecule has 3 aromatic rings. The van der Waals surface area contributed by atoms with Gasteiger partial charge in [-0.25, -0.2) is 8.78 Å². The first kappa shape index (κ1) is 19.5. The molecular weight excluding hydrogens is 391 g/mol. The molecule has 0 aliphatic rings. The molecule has 27 heavy (non-hydrogen) atoms. The van der Waals surface area contributed by atoms with E-state index in [4.69, 9.17) is 28.9 Å². The van der Waals surface area contributed by atoms with E-state index >= 15 is 4.39 Å². The van der Waals surface area contributed by atoms with Gasteiger partial charge in [0.15, 0.2) is 0 Å². The molecule has 140 valence electrons. The molecule has 1 unspecified atom stereocenters. The first-order valence-corrected chi connectivity index (χ1v) is 9.02. The van der Waals surface area contributed by atoms with Crippen molar-refractivity contribution in [3.05, 3.63) is 92.5 Å². The van der Waals surface area contributed by atoms with Gasteiger partial charge >= 0.3 is 0 Å². The number of anilines is 1. The summed E-state index contributed by atoms with van der Waals surface area (Å²) >= 11 is 12.4. The highest BCUT2D eigenvalue weighted by atomic mass is 35.5. The predicted octanol–water partition coefficient (Wildman–Crippen LogP) is 6.30. The summed E-state index contributed by atoms with van der Waals surface area (Å²) in [5, 5.41) is 10.9. The van der Waals surface area contributed by atoms with Gasteiger partial charge in [0.1, 0.15) is 17.4 Å². The molecule has 0 aromatic heterocycles. The van der Waals surface area contributed by atoms with Gasteiger partial charge in [-0.3, -0.25) is 0 Å². The number of hydrogen-bond acceptors (Lipinski definition) is 2. The number of nitrogens with two attached hydrogens (primary N) is 1. The molecule has 0 fully saturated rings. The van der Waals surface area contributed by atoms with E-state index in [1.807, 2.05) is 0 Å². The second-order valence-electron chi connectivity index (χ2n) is 6.38. The lowest BCUT2D eigenvalue weighted by atomic mass is 9.89. The van der Waals surface area contributed by atoms with Crippen LogP contribution in [0.2, 0.25) is 10.0 Å². The molecule has 0 amide bonds. The lowest BCUT2D eigenvalue weighted by Gasteiger charge is -2.18. The quantitative estimate of drug-likeness (QED) is 0.498. The van der Waals surface area contributed by atoms with Gasteiger partial charge in [0.25, 0.3) is 0 Å². The summed E-state index contributed by atoms with van der Waals surface area (Å²) in [5.41, 5.74) is 7.85. The van der Waals surface area contributed by atoms with Crippen LogP contribution in [0.3, 0.4) is 0 Å². The number of halogens is 4. The third kappa shape index (κ3) is 4.02. The molecule has 0 bridgehead atoms. The molecule has 2 nitrogen and oxygen atoms in total. The minimum Gasteiger partial charge on any atom is -0.508 e. The monoisotopic (exact) mass is 407 g/mol. The molecule has 0 aliphatic heterocycles. The van der Waals surface area contributed by atoms with Gasteiger partial charge in [0, 0.05) is 33.6 Å². The van der Waals surface area contributed by atoms with Gasteiger partial charge in [0.05, 0.1) is 0 Å². The van der Waals surface area contributed by atoms with Gasteiger partial charge in [-0.05, 0) is 47.0 Å². The predicted molar refractivity (Wildman–Crippen MR) is 106 cm³/mol. The van der Waals surface area contributed by atoms with Crippen molar-refractivity contribution in [3.63, 3.8) is 0 Å². The Kier molecular flexibility index (Phi) is 5.59. The van der Waals surface area contributed by atoms with Crippen LogP contribution in [0.1, 0.15) is 35.1 Å². The molecule has 3 rings (SSSR count). The average Bonchev–Trinajstić information content (AvgIpc) is 2.60. The summed E-state index contributed by atoms with van der Waals surface area (Å²) in [6, 6.07) is 11.8. The standard InChI is InChI=1S/C21H17Cl2F2NO/c1-11(12-2-5-14(24)6-3-12)20-19(27)7-4-13(21(20)25)8-16-17(22)9-15(26)10-18(16)23/h2-7,9-11,27H,8,26H2,1H3.